The van der Waals surface area contributed by atoms with E-state index in [0.29, 0.717) is 4.57 Å². The van der Waals surface area contributed by atoms with Crippen molar-refractivity contribution in [3.63, 3.8) is 0 Å². The Kier molecular flexibility index (Phi) is 5.97. The molecule has 4 unspecified atom stereocenters. The Morgan fingerprint density at radius 2 is 1.81 bits per heavy atom. The first-order chi connectivity index (χ1) is 14.5. The van der Waals surface area contributed by atoms with Gasteiger partial charge in [0.1, 0.15) is 12.2 Å². The van der Waals surface area contributed by atoms with Gasteiger partial charge in [0.15, 0.2) is 11.8 Å². The number of nitrogens with zero attached hydrogens (tertiary/aromatic N) is 4. The van der Waals surface area contributed by atoms with E-state index < -0.39 is 64.5 Å². The minimum absolute atomic E-state index is 0.576. The minimum atomic E-state index is -5.91. The molecule has 1 saturated carbocycles. The second-order valence-electron chi connectivity index (χ2n) is 6.26. The van der Waals surface area contributed by atoms with Crippen LogP contribution in [0.3, 0.4) is 0 Å². The summed E-state index contributed by atoms with van der Waals surface area (Å²) in [4.78, 5) is 63.0. The van der Waals surface area contributed by atoms with Gasteiger partial charge in [-0.3, -0.25) is 18.9 Å². The Morgan fingerprint density at radius 3 is 2.34 bits per heavy atom. The van der Waals surface area contributed by atoms with E-state index >= 15 is 0 Å². The lowest BCUT2D eigenvalue weighted by Gasteiger charge is -2.25. The molecule has 0 amide bonds. The van der Waals surface area contributed by atoms with E-state index in [2.05, 4.69) is 23.2 Å². The van der Waals surface area contributed by atoms with Crippen LogP contribution in [0.15, 0.2) is 27.0 Å². The number of aromatic amines is 1. The molecular weight excluding hydrogens is 511 g/mol. The number of hydrogen-bond donors (Lipinski definition) is 7. The van der Waals surface area contributed by atoms with Crippen molar-refractivity contribution in [1.29, 1.82) is 0 Å². The number of rotatable bonds is 8. The quantitative estimate of drug-likeness (QED) is 0.0829. The summed E-state index contributed by atoms with van der Waals surface area (Å²) in [6.07, 6.45) is -5.42. The smallest absolute Gasteiger partial charge is 0.385 e. The molecule has 7 atom stereocenters. The number of aromatic nitrogens is 2. The molecule has 1 saturated heterocycles. The molecule has 23 heteroatoms. The van der Waals surface area contributed by atoms with Gasteiger partial charge in [-0.05, 0) is 5.53 Å². The predicted molar refractivity (Wildman–Crippen MR) is 93.0 cm³/mol. The molecule has 0 bridgehead atoms. The minimum Gasteiger partial charge on any atom is -0.385 e. The molecule has 2 fully saturated rings. The maximum Gasteiger partial charge on any atom is 0.490 e. The van der Waals surface area contributed by atoms with Crippen LogP contribution in [0.2, 0.25) is 0 Å². The van der Waals surface area contributed by atoms with Gasteiger partial charge in [-0.15, -0.1) is 0 Å². The summed E-state index contributed by atoms with van der Waals surface area (Å²) in [6, 6.07) is 0.843. The van der Waals surface area contributed by atoms with Crippen LogP contribution in [0.5, 0.6) is 0 Å². The van der Waals surface area contributed by atoms with Crippen LogP contribution in [0.4, 0.5) is 0 Å². The van der Waals surface area contributed by atoms with Crippen molar-refractivity contribution in [3.8, 4) is 0 Å². The van der Waals surface area contributed by atoms with Crippen LogP contribution in [-0.2, 0) is 31.6 Å². The van der Waals surface area contributed by atoms with Crippen molar-refractivity contribution in [2.24, 2.45) is 5.11 Å². The van der Waals surface area contributed by atoms with Gasteiger partial charge < -0.3 is 34.5 Å². The van der Waals surface area contributed by atoms with Crippen molar-refractivity contribution >= 4 is 23.5 Å². The molecule has 2 aliphatic rings. The highest BCUT2D eigenvalue weighted by Crippen LogP contribution is 2.72. The van der Waals surface area contributed by atoms with Crippen molar-refractivity contribution in [2.75, 3.05) is 0 Å². The maximum atomic E-state index is 12.0. The van der Waals surface area contributed by atoms with Crippen LogP contribution in [0, 0.1) is 0 Å². The molecule has 3 rings (SSSR count). The molecule has 0 radical (unpaired) electrons. The third kappa shape index (κ3) is 4.26. The number of hydrogen-bond acceptors (Lipinski definition) is 12. The Hall–Kier alpha value is -1.72. The van der Waals surface area contributed by atoms with Gasteiger partial charge in [0, 0.05) is 17.2 Å². The first kappa shape index (κ1) is 24.9. The van der Waals surface area contributed by atoms with Crippen molar-refractivity contribution in [3.05, 3.63) is 43.5 Å². The SMILES string of the molecule is [N-]=[N+]=NC12O[C@@H](n3ccc(=O)[nH]c3=O)[C@H](O)[C@@]1(O)C2OP(=O)(O)OP(=O)(O)OP(=O)(O)O. The van der Waals surface area contributed by atoms with E-state index in [-0.39, 0.29) is 0 Å². The summed E-state index contributed by atoms with van der Waals surface area (Å²) in [6.45, 7) is 0. The van der Waals surface area contributed by atoms with Gasteiger partial charge in [0.25, 0.3) is 5.56 Å². The molecule has 0 spiro atoms. The van der Waals surface area contributed by atoms with Crippen LogP contribution >= 0.6 is 23.5 Å². The number of ether oxygens (including phenoxy) is 1. The fraction of sp³-hybridized carbons (Fsp3) is 0.556. The standard InChI is InChI=1S/C9H12N5O15P3/c10-13-12-9-6(27-31(22,23)29-32(24,25)28-30(19,20)21)8(9,18)4(16)5(26-9)14-2-1-3(15)11-7(14)17/h1-2,4-6,16,18H,(H,22,23)(H,24,25)(H,11,15,17)(H2,19,20,21)/t4-,5+,6?,8+,9?/m0/s1. The molecule has 2 heterocycles. The molecule has 0 aromatic carbocycles. The summed E-state index contributed by atoms with van der Waals surface area (Å²) in [7, 11) is -17.4. The van der Waals surface area contributed by atoms with Gasteiger partial charge >= 0.3 is 29.2 Å². The van der Waals surface area contributed by atoms with Crippen molar-refractivity contribution < 1.29 is 61.4 Å². The molecular formula is C9H12N5O15P3. The van der Waals surface area contributed by atoms with Crippen LogP contribution in [0.1, 0.15) is 6.23 Å². The zero-order chi connectivity index (χ0) is 24.3. The first-order valence-corrected chi connectivity index (χ1v) is 12.3. The number of nitrogens with one attached hydrogen (secondary N) is 1. The second-order valence-corrected chi connectivity index (χ2v) is 10.6. The molecule has 7 N–H and O–H groups in total. The highest BCUT2D eigenvalue weighted by molar-refractivity contribution is 7.66. The van der Waals surface area contributed by atoms with E-state index in [1.807, 2.05) is 4.98 Å². The van der Waals surface area contributed by atoms with E-state index in [0.717, 1.165) is 12.3 Å². The largest absolute Gasteiger partial charge is 0.490 e. The van der Waals surface area contributed by atoms with Crippen molar-refractivity contribution in [1.82, 2.24) is 9.55 Å². The van der Waals surface area contributed by atoms with Crippen LogP contribution < -0.4 is 11.2 Å². The van der Waals surface area contributed by atoms with Gasteiger partial charge in [-0.2, -0.15) is 8.62 Å². The third-order valence-electron chi connectivity index (χ3n) is 4.24. The first-order valence-electron chi connectivity index (χ1n) is 7.76. The van der Waals surface area contributed by atoms with E-state index in [1.165, 1.54) is 0 Å². The van der Waals surface area contributed by atoms with Gasteiger partial charge in [0.05, 0.1) is 0 Å². The molecule has 1 aromatic rings. The summed E-state index contributed by atoms with van der Waals surface area (Å²) < 4.78 is 51.2. The number of fused-ring (bicyclic) bond motifs is 1. The number of phosphoric ester groups is 1. The highest BCUT2D eigenvalue weighted by Gasteiger charge is 2.90. The fourth-order valence-electron chi connectivity index (χ4n) is 3.04. The van der Waals surface area contributed by atoms with Gasteiger partial charge in [-0.1, -0.05) is 5.11 Å². The Morgan fingerprint density at radius 1 is 1.19 bits per heavy atom. The zero-order valence-electron chi connectivity index (χ0n) is 14.9. The Labute approximate surface area is 173 Å². The zero-order valence-corrected chi connectivity index (χ0v) is 17.6. The lowest BCUT2D eigenvalue weighted by molar-refractivity contribution is -0.112. The number of aliphatic hydroxyl groups excluding tert-OH is 1. The van der Waals surface area contributed by atoms with Crippen LogP contribution in [-0.4, -0.2) is 62.9 Å². The third-order valence-corrected chi connectivity index (χ3v) is 8.04. The summed E-state index contributed by atoms with van der Waals surface area (Å²) in [5, 5.41) is 24.1. The Bertz CT molecular complexity index is 1250. The van der Waals surface area contributed by atoms with E-state index in [9.17, 15) is 38.4 Å². The maximum absolute atomic E-state index is 12.0. The molecule has 178 valence electrons. The topological polar surface area (TPSA) is 313 Å². The molecule has 1 aliphatic carbocycles. The lowest BCUT2D eigenvalue weighted by Crippen LogP contribution is -2.42. The number of aliphatic hydroxyl groups is 2. The number of azide groups is 1. The summed E-state index contributed by atoms with van der Waals surface area (Å²) in [5.41, 5.74) is 1.31. The molecule has 32 heavy (non-hydrogen) atoms. The average molecular weight is 523 g/mol. The predicted octanol–water partition coefficient (Wildman–Crippen LogP) is -2.11. The monoisotopic (exact) mass is 523 g/mol. The molecule has 1 aromatic heterocycles. The van der Waals surface area contributed by atoms with Crippen molar-refractivity contribution in [2.45, 2.75) is 29.8 Å². The average Bonchev–Trinajstić information content (AvgIpc) is 2.95. The number of H-pyrrole nitrogens is 1. The fourth-order valence-corrected chi connectivity index (χ4v) is 6.27. The summed E-state index contributed by atoms with van der Waals surface area (Å²) in [5.74, 6) is 0. The lowest BCUT2D eigenvalue weighted by atomic mass is 10.1. The number of phosphoric acid groups is 3. The van der Waals surface area contributed by atoms with Gasteiger partial charge in [0.2, 0.25) is 5.72 Å². The Balaban J connectivity index is 1.88. The van der Waals surface area contributed by atoms with Gasteiger partial charge in [-0.25, -0.2) is 18.5 Å². The highest BCUT2D eigenvalue weighted by atomic mass is 31.3. The van der Waals surface area contributed by atoms with E-state index in [4.69, 9.17) is 24.9 Å². The normalized spacial score (nSPS) is 35.2. The van der Waals surface area contributed by atoms with Crippen LogP contribution in [0.25, 0.3) is 10.4 Å². The second kappa shape index (κ2) is 7.66. The molecule has 20 nitrogen and oxygen atoms in total. The molecule has 1 aliphatic heterocycles. The summed E-state index contributed by atoms with van der Waals surface area (Å²) >= 11 is 0. The van der Waals surface area contributed by atoms with E-state index in [1.54, 1.807) is 0 Å².